The molecule has 0 atom stereocenters. The lowest BCUT2D eigenvalue weighted by Gasteiger charge is -2.51. The van der Waals surface area contributed by atoms with E-state index in [0.717, 1.165) is 24.8 Å². The average molecular weight is 533 g/mol. The van der Waals surface area contributed by atoms with Crippen LogP contribution >= 0.6 is 0 Å². The van der Waals surface area contributed by atoms with Crippen LogP contribution in [0.15, 0.2) is 36.5 Å². The van der Waals surface area contributed by atoms with Gasteiger partial charge in [-0.05, 0) is 61.6 Å². The van der Waals surface area contributed by atoms with E-state index >= 15 is 0 Å². The van der Waals surface area contributed by atoms with Crippen molar-refractivity contribution in [2.75, 3.05) is 18.5 Å². The van der Waals surface area contributed by atoms with Crippen LogP contribution < -0.4 is 20.7 Å². The monoisotopic (exact) mass is 532 g/mol. The molecule has 3 aliphatic carbocycles. The Balaban J connectivity index is 1.14. The number of anilines is 1. The van der Waals surface area contributed by atoms with Gasteiger partial charge in [0.15, 0.2) is 12.3 Å². The number of aromatic nitrogens is 3. The lowest BCUT2D eigenvalue weighted by molar-refractivity contribution is -0.158. The maximum atomic E-state index is 13.3. The molecule has 12 nitrogen and oxygen atoms in total. The highest BCUT2D eigenvalue weighted by atomic mass is 16.5. The minimum absolute atomic E-state index is 0.0336. The van der Waals surface area contributed by atoms with E-state index in [1.165, 1.54) is 16.8 Å². The molecule has 0 spiro atoms. The zero-order valence-electron chi connectivity index (χ0n) is 21.2. The fourth-order valence-electron chi connectivity index (χ4n) is 5.91. The third-order valence-corrected chi connectivity index (χ3v) is 8.43. The van der Waals surface area contributed by atoms with Crippen LogP contribution in [0.25, 0.3) is 5.65 Å². The second kappa shape index (κ2) is 9.37. The van der Waals surface area contributed by atoms with Crippen molar-refractivity contribution in [1.82, 2.24) is 25.2 Å². The quantitative estimate of drug-likeness (QED) is 0.359. The molecule has 0 radical (unpaired) electrons. The summed E-state index contributed by atoms with van der Waals surface area (Å²) in [5.41, 5.74) is 1.20. The summed E-state index contributed by atoms with van der Waals surface area (Å²) in [4.78, 5) is 54.0. The second-order valence-corrected chi connectivity index (χ2v) is 10.7. The number of ether oxygens (including phenoxy) is 1. The molecule has 7 rings (SSSR count). The van der Waals surface area contributed by atoms with Crippen LogP contribution in [0.2, 0.25) is 0 Å². The van der Waals surface area contributed by atoms with E-state index in [9.17, 15) is 24.3 Å². The summed E-state index contributed by atoms with van der Waals surface area (Å²) in [6.07, 6.45) is 5.69. The minimum Gasteiger partial charge on any atom is -0.482 e. The molecule has 2 bridgehead atoms. The SMILES string of the molecule is O=C1COc2ccc(CNC(=O)c3cc(C(=O)NCC45CCC(C(=O)O)(CC4)CC5)n4nccc4n3)cc2N1. The van der Waals surface area contributed by atoms with Gasteiger partial charge in [-0.15, -0.1) is 0 Å². The maximum absolute atomic E-state index is 13.3. The second-order valence-electron chi connectivity index (χ2n) is 10.7. The molecule has 0 unspecified atom stereocenters. The van der Waals surface area contributed by atoms with Gasteiger partial charge in [0.2, 0.25) is 0 Å². The topological polar surface area (TPSA) is 164 Å². The number of carbonyl (C=O) groups excluding carboxylic acids is 3. The molecule has 3 aromatic rings. The normalized spacial score (nSPS) is 23.4. The van der Waals surface area contributed by atoms with Crippen molar-refractivity contribution >= 4 is 35.0 Å². The molecule has 4 aliphatic rings. The first-order valence-corrected chi connectivity index (χ1v) is 13.0. The Labute approximate surface area is 223 Å². The molecule has 202 valence electrons. The Morgan fingerprint density at radius 2 is 1.79 bits per heavy atom. The number of fused-ring (bicyclic) bond motifs is 5. The van der Waals surface area contributed by atoms with E-state index in [1.807, 2.05) is 0 Å². The Morgan fingerprint density at radius 3 is 2.54 bits per heavy atom. The summed E-state index contributed by atoms with van der Waals surface area (Å²) in [6, 6.07) is 8.29. The Morgan fingerprint density at radius 1 is 1.03 bits per heavy atom. The molecule has 4 N–H and O–H groups in total. The summed E-state index contributed by atoms with van der Waals surface area (Å²) in [5.74, 6) is -1.23. The summed E-state index contributed by atoms with van der Waals surface area (Å²) >= 11 is 0. The van der Waals surface area contributed by atoms with Gasteiger partial charge < -0.3 is 25.8 Å². The molecule has 2 aromatic heterocycles. The van der Waals surface area contributed by atoms with Crippen LogP contribution in [0.3, 0.4) is 0 Å². The predicted molar refractivity (Wildman–Crippen MR) is 137 cm³/mol. The molecule has 0 saturated heterocycles. The lowest BCUT2D eigenvalue weighted by atomic mass is 9.53. The Kier molecular flexibility index (Phi) is 5.96. The van der Waals surface area contributed by atoms with Gasteiger partial charge in [-0.1, -0.05) is 6.07 Å². The number of carboxylic acid groups (broad SMARTS) is 1. The molecule has 3 heterocycles. The summed E-state index contributed by atoms with van der Waals surface area (Å²) in [7, 11) is 0. The molecule has 1 aromatic carbocycles. The van der Waals surface area contributed by atoms with Crippen molar-refractivity contribution in [2.45, 2.75) is 45.1 Å². The molecule has 39 heavy (non-hydrogen) atoms. The number of nitrogens with one attached hydrogen (secondary N) is 3. The molecular formula is C27H28N6O6. The van der Waals surface area contributed by atoms with Gasteiger partial charge in [-0.3, -0.25) is 19.2 Å². The predicted octanol–water partition coefficient (Wildman–Crippen LogP) is 2.15. The first-order chi connectivity index (χ1) is 18.8. The van der Waals surface area contributed by atoms with Crippen molar-refractivity contribution < 1.29 is 29.0 Å². The van der Waals surface area contributed by atoms with Crippen LogP contribution in [0.4, 0.5) is 5.69 Å². The molecule has 3 fully saturated rings. The number of benzene rings is 1. The largest absolute Gasteiger partial charge is 0.482 e. The Hall–Kier alpha value is -4.48. The number of aliphatic carboxylic acids is 1. The van der Waals surface area contributed by atoms with Gasteiger partial charge in [-0.25, -0.2) is 9.50 Å². The third kappa shape index (κ3) is 4.55. The van der Waals surface area contributed by atoms with Gasteiger partial charge in [-0.2, -0.15) is 5.10 Å². The van der Waals surface area contributed by atoms with Crippen LogP contribution in [-0.4, -0.2) is 56.5 Å². The molecular weight excluding hydrogens is 504 g/mol. The number of hydrogen-bond donors (Lipinski definition) is 4. The van der Waals surface area contributed by atoms with Crippen LogP contribution in [0, 0.1) is 10.8 Å². The summed E-state index contributed by atoms with van der Waals surface area (Å²) in [6.45, 7) is 0.580. The Bertz CT molecular complexity index is 1490. The lowest BCUT2D eigenvalue weighted by Crippen LogP contribution is -2.50. The van der Waals surface area contributed by atoms with Crippen LogP contribution in [-0.2, 0) is 16.1 Å². The fourth-order valence-corrected chi connectivity index (χ4v) is 5.91. The van der Waals surface area contributed by atoms with Gasteiger partial charge in [0.05, 0.1) is 17.3 Å². The number of amides is 3. The first-order valence-electron chi connectivity index (χ1n) is 13.0. The minimum atomic E-state index is -0.712. The fraction of sp³-hybridized carbons (Fsp3) is 0.407. The van der Waals surface area contributed by atoms with Crippen LogP contribution in [0.5, 0.6) is 5.75 Å². The first kappa shape index (κ1) is 24.8. The molecule has 3 saturated carbocycles. The standard InChI is InChI=1S/C27H28N6O6/c34-22-14-39-20-2-1-16(11-17(20)32-22)13-28-23(35)18-12-19(33-21(31-18)3-10-30-33)24(36)29-15-26-4-7-27(8-5-26,9-6-26)25(37)38/h1-3,10-12H,4-9,13-15H2,(H,28,35)(H,29,36)(H,32,34)(H,37,38). The van der Waals surface area contributed by atoms with E-state index in [0.29, 0.717) is 42.9 Å². The van der Waals surface area contributed by atoms with Crippen LogP contribution in [0.1, 0.15) is 65.1 Å². The van der Waals surface area contributed by atoms with E-state index in [1.54, 1.807) is 24.3 Å². The van der Waals surface area contributed by atoms with Crippen molar-refractivity contribution in [2.24, 2.45) is 10.8 Å². The van der Waals surface area contributed by atoms with E-state index in [2.05, 4.69) is 26.0 Å². The smallest absolute Gasteiger partial charge is 0.309 e. The van der Waals surface area contributed by atoms with Crippen molar-refractivity contribution in [3.05, 3.63) is 53.5 Å². The van der Waals surface area contributed by atoms with Crippen molar-refractivity contribution in [3.63, 3.8) is 0 Å². The molecule has 3 amide bonds. The van der Waals surface area contributed by atoms with Gasteiger partial charge >= 0.3 is 5.97 Å². The summed E-state index contributed by atoms with van der Waals surface area (Å²) in [5, 5.41) is 22.4. The number of hydrogen-bond acceptors (Lipinski definition) is 7. The molecule has 12 heteroatoms. The number of nitrogens with zero attached hydrogens (tertiary/aromatic N) is 3. The zero-order valence-corrected chi connectivity index (χ0v) is 21.2. The average Bonchev–Trinajstić information content (AvgIpc) is 3.44. The number of rotatable bonds is 7. The van der Waals surface area contributed by atoms with E-state index in [4.69, 9.17) is 4.74 Å². The highest BCUT2D eigenvalue weighted by molar-refractivity contribution is 5.98. The van der Waals surface area contributed by atoms with Gasteiger partial charge in [0.25, 0.3) is 17.7 Å². The van der Waals surface area contributed by atoms with Gasteiger partial charge in [0.1, 0.15) is 17.1 Å². The van der Waals surface area contributed by atoms with Crippen molar-refractivity contribution in [3.8, 4) is 5.75 Å². The zero-order chi connectivity index (χ0) is 27.2. The highest BCUT2D eigenvalue weighted by Gasteiger charge is 2.52. The number of carbonyl (C=O) groups is 4. The van der Waals surface area contributed by atoms with Crippen molar-refractivity contribution in [1.29, 1.82) is 0 Å². The van der Waals surface area contributed by atoms with E-state index < -0.39 is 17.3 Å². The maximum Gasteiger partial charge on any atom is 0.309 e. The third-order valence-electron chi connectivity index (χ3n) is 8.43. The molecule has 1 aliphatic heterocycles. The highest BCUT2D eigenvalue weighted by Crippen LogP contribution is 2.56. The summed E-state index contributed by atoms with van der Waals surface area (Å²) < 4.78 is 6.76. The van der Waals surface area contributed by atoms with Gasteiger partial charge in [0, 0.05) is 25.2 Å². The van der Waals surface area contributed by atoms with E-state index in [-0.39, 0.29) is 41.8 Å². The number of carboxylic acids is 1.